The molecule has 0 bridgehead atoms. The number of hydrogen-bond donors (Lipinski definition) is 1. The first-order valence-electron chi connectivity index (χ1n) is 9.57. The van der Waals surface area contributed by atoms with E-state index < -0.39 is 0 Å². The zero-order valence-electron chi connectivity index (χ0n) is 15.0. The van der Waals surface area contributed by atoms with Crippen molar-refractivity contribution in [3.8, 4) is 0 Å². The van der Waals surface area contributed by atoms with Crippen LogP contribution in [0.15, 0.2) is 54.6 Å². The van der Waals surface area contributed by atoms with Crippen molar-refractivity contribution in [2.24, 2.45) is 0 Å². The molecule has 1 aliphatic carbocycles. The molecule has 0 aliphatic heterocycles. The summed E-state index contributed by atoms with van der Waals surface area (Å²) in [6.45, 7) is 0.333. The predicted octanol–water partition coefficient (Wildman–Crippen LogP) is 4.08. The molecule has 0 atom stereocenters. The van der Waals surface area contributed by atoms with Gasteiger partial charge in [-0.1, -0.05) is 61.7 Å². The van der Waals surface area contributed by atoms with Gasteiger partial charge in [-0.25, -0.2) is 4.98 Å². The fourth-order valence-electron chi connectivity index (χ4n) is 3.88. The maximum absolute atomic E-state index is 12.7. The molecule has 0 spiro atoms. The Morgan fingerprint density at radius 3 is 2.54 bits per heavy atom. The van der Waals surface area contributed by atoms with Crippen LogP contribution >= 0.6 is 0 Å². The zero-order chi connectivity index (χ0) is 17.8. The van der Waals surface area contributed by atoms with Crippen molar-refractivity contribution in [2.45, 2.75) is 51.1 Å². The van der Waals surface area contributed by atoms with Crippen molar-refractivity contribution in [1.82, 2.24) is 14.9 Å². The molecule has 1 amide bonds. The second kappa shape index (κ2) is 7.73. The maximum atomic E-state index is 12.7. The second-order valence-electron chi connectivity index (χ2n) is 7.17. The van der Waals surface area contributed by atoms with E-state index >= 15 is 0 Å². The lowest BCUT2D eigenvalue weighted by atomic mass is 9.95. The molecule has 0 radical (unpaired) electrons. The van der Waals surface area contributed by atoms with Crippen molar-refractivity contribution in [1.29, 1.82) is 0 Å². The highest BCUT2D eigenvalue weighted by atomic mass is 16.2. The highest BCUT2D eigenvalue weighted by Gasteiger charge is 2.18. The Balaban J connectivity index is 1.57. The van der Waals surface area contributed by atoms with Crippen LogP contribution in [0.25, 0.3) is 11.0 Å². The Bertz CT molecular complexity index is 879. The number of nitrogens with one attached hydrogen (secondary N) is 1. The SMILES string of the molecule is O=C(Cn1c(Cc2ccccc2)nc2ccccc21)NC1CCCCC1. The van der Waals surface area contributed by atoms with Crippen LogP contribution in [-0.2, 0) is 17.8 Å². The topological polar surface area (TPSA) is 46.9 Å². The predicted molar refractivity (Wildman–Crippen MR) is 104 cm³/mol. The van der Waals surface area contributed by atoms with E-state index in [2.05, 4.69) is 22.0 Å². The van der Waals surface area contributed by atoms with Gasteiger partial charge < -0.3 is 9.88 Å². The van der Waals surface area contributed by atoms with Crippen LogP contribution in [-0.4, -0.2) is 21.5 Å². The molecule has 2 aromatic carbocycles. The minimum Gasteiger partial charge on any atom is -0.352 e. The molecular formula is C22H25N3O. The first-order valence-corrected chi connectivity index (χ1v) is 9.57. The lowest BCUT2D eigenvalue weighted by Gasteiger charge is -2.23. The average Bonchev–Trinajstić information content (AvgIpc) is 3.00. The summed E-state index contributed by atoms with van der Waals surface area (Å²) >= 11 is 0. The number of hydrogen-bond acceptors (Lipinski definition) is 2. The third kappa shape index (κ3) is 3.79. The summed E-state index contributed by atoms with van der Waals surface area (Å²) in [7, 11) is 0. The largest absolute Gasteiger partial charge is 0.352 e. The summed E-state index contributed by atoms with van der Waals surface area (Å²) in [5.74, 6) is 1.03. The smallest absolute Gasteiger partial charge is 0.240 e. The molecular weight excluding hydrogens is 322 g/mol. The Morgan fingerprint density at radius 2 is 1.73 bits per heavy atom. The number of aromatic nitrogens is 2. The highest BCUT2D eigenvalue weighted by molar-refractivity contribution is 5.81. The number of fused-ring (bicyclic) bond motifs is 1. The Kier molecular flexibility index (Phi) is 5.00. The van der Waals surface area contributed by atoms with Crippen LogP contribution in [0.1, 0.15) is 43.5 Å². The summed E-state index contributed by atoms with van der Waals surface area (Å²) in [5.41, 5.74) is 3.18. The van der Waals surface area contributed by atoms with E-state index in [1.54, 1.807) is 0 Å². The van der Waals surface area contributed by atoms with Crippen molar-refractivity contribution < 1.29 is 4.79 Å². The van der Waals surface area contributed by atoms with Gasteiger partial charge in [-0.05, 0) is 30.5 Å². The summed E-state index contributed by atoms with van der Waals surface area (Å²) < 4.78 is 2.07. The Hall–Kier alpha value is -2.62. The lowest BCUT2D eigenvalue weighted by Crippen LogP contribution is -2.38. The van der Waals surface area contributed by atoms with E-state index in [1.165, 1.54) is 24.8 Å². The van der Waals surface area contributed by atoms with Gasteiger partial charge >= 0.3 is 0 Å². The molecule has 1 aromatic heterocycles. The zero-order valence-corrected chi connectivity index (χ0v) is 15.0. The lowest BCUT2D eigenvalue weighted by molar-refractivity contribution is -0.122. The van der Waals surface area contributed by atoms with Crippen LogP contribution in [0.5, 0.6) is 0 Å². The molecule has 4 heteroatoms. The summed E-state index contributed by atoms with van der Waals surface area (Å²) in [6, 6.07) is 18.7. The first-order chi connectivity index (χ1) is 12.8. The number of carbonyl (C=O) groups excluding carboxylic acids is 1. The molecule has 3 aromatic rings. The van der Waals surface area contributed by atoms with Crippen molar-refractivity contribution in [3.63, 3.8) is 0 Å². The van der Waals surface area contributed by atoms with Gasteiger partial charge in [0.2, 0.25) is 5.91 Å². The second-order valence-corrected chi connectivity index (χ2v) is 7.17. The molecule has 134 valence electrons. The van der Waals surface area contributed by atoms with E-state index in [1.807, 2.05) is 42.5 Å². The molecule has 4 rings (SSSR count). The molecule has 1 fully saturated rings. The van der Waals surface area contributed by atoms with Gasteiger partial charge in [0.1, 0.15) is 12.4 Å². The van der Waals surface area contributed by atoms with Crippen LogP contribution in [0.3, 0.4) is 0 Å². The van der Waals surface area contributed by atoms with Gasteiger partial charge in [0.25, 0.3) is 0 Å². The van der Waals surface area contributed by atoms with Gasteiger partial charge in [-0.3, -0.25) is 4.79 Å². The highest BCUT2D eigenvalue weighted by Crippen LogP contribution is 2.20. The molecule has 26 heavy (non-hydrogen) atoms. The molecule has 0 unspecified atom stereocenters. The van der Waals surface area contributed by atoms with Crippen LogP contribution < -0.4 is 5.32 Å². The summed E-state index contributed by atoms with van der Waals surface area (Å²) in [5, 5.41) is 3.23. The number of nitrogens with zero attached hydrogens (tertiary/aromatic N) is 2. The van der Waals surface area contributed by atoms with Crippen LogP contribution in [0, 0.1) is 0 Å². The number of amides is 1. The normalized spacial score (nSPS) is 15.2. The summed E-state index contributed by atoms with van der Waals surface area (Å²) in [6.07, 6.45) is 6.67. The quantitative estimate of drug-likeness (QED) is 0.756. The van der Waals surface area contributed by atoms with Crippen LogP contribution in [0.2, 0.25) is 0 Å². The maximum Gasteiger partial charge on any atom is 0.240 e. The Labute approximate surface area is 154 Å². The van der Waals surface area contributed by atoms with Crippen molar-refractivity contribution in [3.05, 3.63) is 66.0 Å². The van der Waals surface area contributed by atoms with E-state index in [4.69, 9.17) is 4.98 Å². The van der Waals surface area contributed by atoms with Gasteiger partial charge in [0.15, 0.2) is 0 Å². The van der Waals surface area contributed by atoms with E-state index in [0.717, 1.165) is 36.1 Å². The van der Waals surface area contributed by atoms with E-state index in [-0.39, 0.29) is 5.91 Å². The van der Waals surface area contributed by atoms with Gasteiger partial charge in [0.05, 0.1) is 11.0 Å². The van der Waals surface area contributed by atoms with E-state index in [9.17, 15) is 4.79 Å². The minimum atomic E-state index is 0.0920. The van der Waals surface area contributed by atoms with E-state index in [0.29, 0.717) is 12.6 Å². The minimum absolute atomic E-state index is 0.0920. The van der Waals surface area contributed by atoms with Gasteiger partial charge in [0, 0.05) is 12.5 Å². The number of para-hydroxylation sites is 2. The summed E-state index contributed by atoms with van der Waals surface area (Å²) in [4.78, 5) is 17.5. The number of imidazole rings is 1. The standard InChI is InChI=1S/C22H25N3O/c26-22(23-18-11-5-2-6-12-18)16-25-20-14-8-7-13-19(20)24-21(25)15-17-9-3-1-4-10-17/h1,3-4,7-10,13-14,18H,2,5-6,11-12,15-16H2,(H,23,26). The average molecular weight is 347 g/mol. The number of benzene rings is 2. The van der Waals surface area contributed by atoms with Crippen molar-refractivity contribution in [2.75, 3.05) is 0 Å². The first kappa shape index (κ1) is 16.8. The van der Waals surface area contributed by atoms with Crippen LogP contribution in [0.4, 0.5) is 0 Å². The van der Waals surface area contributed by atoms with Gasteiger partial charge in [-0.15, -0.1) is 0 Å². The molecule has 4 nitrogen and oxygen atoms in total. The number of rotatable bonds is 5. The molecule has 0 saturated heterocycles. The molecule has 1 N–H and O–H groups in total. The number of carbonyl (C=O) groups is 1. The third-order valence-electron chi connectivity index (χ3n) is 5.21. The fourth-order valence-corrected chi connectivity index (χ4v) is 3.88. The molecule has 1 aliphatic rings. The Morgan fingerprint density at radius 1 is 1.00 bits per heavy atom. The third-order valence-corrected chi connectivity index (χ3v) is 5.21. The van der Waals surface area contributed by atoms with Crippen molar-refractivity contribution >= 4 is 16.9 Å². The molecule has 1 saturated carbocycles. The monoisotopic (exact) mass is 347 g/mol. The van der Waals surface area contributed by atoms with Gasteiger partial charge in [-0.2, -0.15) is 0 Å². The fraction of sp³-hybridized carbons (Fsp3) is 0.364. The molecule has 1 heterocycles.